The minimum Gasteiger partial charge on any atom is -0.352 e. The molecule has 1 aromatic carbocycles. The molecule has 0 atom stereocenters. The van der Waals surface area contributed by atoms with Crippen LogP contribution < -0.4 is 16.0 Å². The third kappa shape index (κ3) is 5.73. The zero-order chi connectivity index (χ0) is 14.4. The first kappa shape index (κ1) is 17.5. The van der Waals surface area contributed by atoms with Crippen molar-refractivity contribution in [3.63, 3.8) is 0 Å². The van der Waals surface area contributed by atoms with E-state index in [1.807, 2.05) is 24.3 Å². The van der Waals surface area contributed by atoms with Gasteiger partial charge in [-0.1, -0.05) is 12.1 Å². The summed E-state index contributed by atoms with van der Waals surface area (Å²) in [6.07, 6.45) is 1.82. The molecule has 1 fully saturated rings. The van der Waals surface area contributed by atoms with Gasteiger partial charge in [0, 0.05) is 25.1 Å². The third-order valence-corrected chi connectivity index (χ3v) is 3.45. The van der Waals surface area contributed by atoms with Crippen molar-refractivity contribution in [3.8, 4) is 0 Å². The SMILES string of the molecule is CC(=O)Nc1ccc(CNC(=O)C2CCNCC2)cc1.Cl. The largest absolute Gasteiger partial charge is 0.352 e. The number of anilines is 1. The van der Waals surface area contributed by atoms with Crippen LogP contribution in [0, 0.1) is 5.92 Å². The van der Waals surface area contributed by atoms with Crippen molar-refractivity contribution in [3.05, 3.63) is 29.8 Å². The average molecular weight is 312 g/mol. The van der Waals surface area contributed by atoms with Gasteiger partial charge in [0.05, 0.1) is 0 Å². The zero-order valence-corrected chi connectivity index (χ0v) is 13.0. The maximum absolute atomic E-state index is 12.0. The summed E-state index contributed by atoms with van der Waals surface area (Å²) in [6.45, 7) is 3.85. The lowest BCUT2D eigenvalue weighted by Crippen LogP contribution is -2.37. The summed E-state index contributed by atoms with van der Waals surface area (Å²) in [7, 11) is 0. The first-order chi connectivity index (χ1) is 9.65. The Morgan fingerprint density at radius 3 is 2.38 bits per heavy atom. The Hall–Kier alpha value is -1.59. The number of halogens is 1. The Kier molecular flexibility index (Phi) is 7.19. The van der Waals surface area contributed by atoms with Crippen molar-refractivity contribution in [1.29, 1.82) is 0 Å². The van der Waals surface area contributed by atoms with Crippen LogP contribution in [0.25, 0.3) is 0 Å². The van der Waals surface area contributed by atoms with Crippen molar-refractivity contribution in [1.82, 2.24) is 10.6 Å². The molecule has 5 nitrogen and oxygen atoms in total. The van der Waals surface area contributed by atoms with Crippen molar-refractivity contribution in [2.45, 2.75) is 26.3 Å². The van der Waals surface area contributed by atoms with Crippen LogP contribution in [0.4, 0.5) is 5.69 Å². The Balaban J connectivity index is 0.00000220. The molecular formula is C15H22ClN3O2. The van der Waals surface area contributed by atoms with Crippen LogP contribution in [0.3, 0.4) is 0 Å². The fraction of sp³-hybridized carbons (Fsp3) is 0.467. The molecule has 0 aliphatic carbocycles. The summed E-state index contributed by atoms with van der Waals surface area (Å²) >= 11 is 0. The molecule has 1 aliphatic rings. The number of hydrogen-bond donors (Lipinski definition) is 3. The summed E-state index contributed by atoms with van der Waals surface area (Å²) in [5.41, 5.74) is 1.80. The van der Waals surface area contributed by atoms with E-state index in [-0.39, 0.29) is 30.1 Å². The minimum atomic E-state index is -0.0861. The van der Waals surface area contributed by atoms with E-state index >= 15 is 0 Å². The quantitative estimate of drug-likeness (QED) is 0.792. The number of benzene rings is 1. The Morgan fingerprint density at radius 1 is 1.19 bits per heavy atom. The molecule has 0 radical (unpaired) electrons. The van der Waals surface area contributed by atoms with E-state index in [4.69, 9.17) is 0 Å². The van der Waals surface area contributed by atoms with Crippen LogP contribution in [-0.4, -0.2) is 24.9 Å². The van der Waals surface area contributed by atoms with Crippen molar-refractivity contribution in [2.75, 3.05) is 18.4 Å². The molecule has 0 saturated carbocycles. The molecule has 0 bridgehead atoms. The average Bonchev–Trinajstić information content (AvgIpc) is 2.46. The van der Waals surface area contributed by atoms with Gasteiger partial charge in [0.15, 0.2) is 0 Å². The van der Waals surface area contributed by atoms with Crippen LogP contribution >= 0.6 is 12.4 Å². The number of piperidine rings is 1. The van der Waals surface area contributed by atoms with Gasteiger partial charge in [-0.15, -0.1) is 12.4 Å². The normalized spacial score (nSPS) is 14.9. The second-order valence-corrected chi connectivity index (χ2v) is 5.12. The monoisotopic (exact) mass is 311 g/mol. The standard InChI is InChI=1S/C15H21N3O2.ClH/c1-11(19)18-14-4-2-12(3-5-14)10-17-15(20)13-6-8-16-9-7-13;/h2-5,13,16H,6-10H2,1H3,(H,17,20)(H,18,19);1H. The van der Waals surface area contributed by atoms with Crippen molar-refractivity contribution in [2.24, 2.45) is 5.92 Å². The molecular weight excluding hydrogens is 290 g/mol. The highest BCUT2D eigenvalue weighted by atomic mass is 35.5. The highest BCUT2D eigenvalue weighted by Crippen LogP contribution is 2.13. The molecule has 1 saturated heterocycles. The van der Waals surface area contributed by atoms with Crippen LogP contribution in [0.5, 0.6) is 0 Å². The minimum absolute atomic E-state index is 0. The second kappa shape index (κ2) is 8.64. The van der Waals surface area contributed by atoms with E-state index in [0.29, 0.717) is 6.54 Å². The third-order valence-electron chi connectivity index (χ3n) is 3.45. The summed E-state index contributed by atoms with van der Waals surface area (Å²) in [6, 6.07) is 7.50. The lowest BCUT2D eigenvalue weighted by molar-refractivity contribution is -0.125. The van der Waals surface area contributed by atoms with Crippen LogP contribution in [0.1, 0.15) is 25.3 Å². The molecule has 1 heterocycles. The molecule has 2 rings (SSSR count). The molecule has 1 aliphatic heterocycles. The van der Waals surface area contributed by atoms with Gasteiger partial charge < -0.3 is 16.0 Å². The van der Waals surface area contributed by atoms with Gasteiger partial charge in [0.25, 0.3) is 0 Å². The summed E-state index contributed by atoms with van der Waals surface area (Å²) in [5.74, 6) is 0.185. The van der Waals surface area contributed by atoms with Gasteiger partial charge >= 0.3 is 0 Å². The Bertz CT molecular complexity index is 470. The highest BCUT2D eigenvalue weighted by molar-refractivity contribution is 5.88. The van der Waals surface area contributed by atoms with E-state index in [2.05, 4.69) is 16.0 Å². The smallest absolute Gasteiger partial charge is 0.223 e. The molecule has 1 aromatic rings. The molecule has 0 spiro atoms. The number of amides is 2. The lowest BCUT2D eigenvalue weighted by atomic mass is 9.97. The van der Waals surface area contributed by atoms with Gasteiger partial charge in [0.2, 0.25) is 11.8 Å². The summed E-state index contributed by atoms with van der Waals surface area (Å²) < 4.78 is 0. The number of nitrogens with one attached hydrogen (secondary N) is 3. The predicted octanol–water partition coefficient (Wildman–Crippen LogP) is 1.68. The van der Waals surface area contributed by atoms with E-state index in [0.717, 1.165) is 37.2 Å². The van der Waals surface area contributed by atoms with Gasteiger partial charge in [-0.2, -0.15) is 0 Å². The number of carbonyl (C=O) groups excluding carboxylic acids is 2. The topological polar surface area (TPSA) is 70.2 Å². The molecule has 116 valence electrons. The van der Waals surface area contributed by atoms with Crippen LogP contribution in [-0.2, 0) is 16.1 Å². The number of carbonyl (C=O) groups is 2. The fourth-order valence-corrected chi connectivity index (χ4v) is 2.33. The summed E-state index contributed by atoms with van der Waals surface area (Å²) in [4.78, 5) is 22.9. The van der Waals surface area contributed by atoms with Gasteiger partial charge in [-0.05, 0) is 43.6 Å². The van der Waals surface area contributed by atoms with Gasteiger partial charge in [-0.25, -0.2) is 0 Å². The molecule has 2 amide bonds. The maximum Gasteiger partial charge on any atom is 0.223 e. The van der Waals surface area contributed by atoms with E-state index in [1.165, 1.54) is 6.92 Å². The predicted molar refractivity (Wildman–Crippen MR) is 85.4 cm³/mol. The van der Waals surface area contributed by atoms with E-state index in [1.54, 1.807) is 0 Å². The number of rotatable bonds is 4. The summed E-state index contributed by atoms with van der Waals surface area (Å²) in [5, 5.41) is 8.94. The Morgan fingerprint density at radius 2 is 1.81 bits per heavy atom. The fourth-order valence-electron chi connectivity index (χ4n) is 2.33. The van der Waals surface area contributed by atoms with Gasteiger partial charge in [-0.3, -0.25) is 9.59 Å². The highest BCUT2D eigenvalue weighted by Gasteiger charge is 2.20. The van der Waals surface area contributed by atoms with E-state index in [9.17, 15) is 9.59 Å². The Labute approximate surface area is 131 Å². The molecule has 3 N–H and O–H groups in total. The molecule has 0 unspecified atom stereocenters. The van der Waals surface area contributed by atoms with Crippen molar-refractivity contribution >= 4 is 29.9 Å². The first-order valence-corrected chi connectivity index (χ1v) is 7.00. The number of hydrogen-bond acceptors (Lipinski definition) is 3. The lowest BCUT2D eigenvalue weighted by Gasteiger charge is -2.21. The molecule has 21 heavy (non-hydrogen) atoms. The first-order valence-electron chi connectivity index (χ1n) is 7.00. The van der Waals surface area contributed by atoms with Crippen LogP contribution in [0.2, 0.25) is 0 Å². The zero-order valence-electron chi connectivity index (χ0n) is 12.1. The van der Waals surface area contributed by atoms with Crippen molar-refractivity contribution < 1.29 is 9.59 Å². The van der Waals surface area contributed by atoms with Crippen LogP contribution in [0.15, 0.2) is 24.3 Å². The molecule has 6 heteroatoms. The van der Waals surface area contributed by atoms with Gasteiger partial charge in [0.1, 0.15) is 0 Å². The maximum atomic E-state index is 12.0. The second-order valence-electron chi connectivity index (χ2n) is 5.12. The molecule has 0 aromatic heterocycles. The van der Waals surface area contributed by atoms with E-state index < -0.39 is 0 Å².